The van der Waals surface area contributed by atoms with Crippen molar-refractivity contribution in [2.75, 3.05) is 5.32 Å². The van der Waals surface area contributed by atoms with Gasteiger partial charge in [0.1, 0.15) is 0 Å². The van der Waals surface area contributed by atoms with Crippen molar-refractivity contribution >= 4 is 22.5 Å². The van der Waals surface area contributed by atoms with Crippen molar-refractivity contribution in [3.63, 3.8) is 0 Å². The second-order valence-electron chi connectivity index (χ2n) is 6.94. The van der Waals surface area contributed by atoms with Crippen molar-refractivity contribution in [1.29, 1.82) is 0 Å². The molecule has 1 atom stereocenters. The zero-order chi connectivity index (χ0) is 16.1. The number of H-pyrrole nitrogens is 1. The van der Waals surface area contributed by atoms with Gasteiger partial charge in [-0.05, 0) is 29.2 Å². The lowest BCUT2D eigenvalue weighted by molar-refractivity contribution is -0.116. The monoisotopic (exact) mass is 317 g/mol. The van der Waals surface area contributed by atoms with Gasteiger partial charge in [-0.1, -0.05) is 48.9 Å². The maximum atomic E-state index is 12.2. The van der Waals surface area contributed by atoms with E-state index in [1.54, 1.807) is 0 Å². The molecule has 2 aromatic carbocycles. The third kappa shape index (κ3) is 2.06. The van der Waals surface area contributed by atoms with Gasteiger partial charge in [0.15, 0.2) is 5.82 Å². The number of aromatic nitrogens is 2. The van der Waals surface area contributed by atoms with E-state index in [2.05, 4.69) is 58.0 Å². The summed E-state index contributed by atoms with van der Waals surface area (Å²) in [5, 5.41) is 13.0. The van der Waals surface area contributed by atoms with E-state index in [-0.39, 0.29) is 11.8 Å². The van der Waals surface area contributed by atoms with Crippen LogP contribution >= 0.6 is 0 Å². The molecular weight excluding hydrogens is 298 g/mol. The lowest BCUT2D eigenvalue weighted by Crippen LogP contribution is -2.24. The number of rotatable bonds is 2. The molecular formula is C20H19N3O. The molecule has 4 nitrogen and oxygen atoms in total. The van der Waals surface area contributed by atoms with E-state index in [1.807, 2.05) is 0 Å². The van der Waals surface area contributed by atoms with E-state index in [0.29, 0.717) is 12.3 Å². The molecule has 24 heavy (non-hydrogen) atoms. The lowest BCUT2D eigenvalue weighted by atomic mass is 9.76. The van der Waals surface area contributed by atoms with Gasteiger partial charge in [-0.2, -0.15) is 5.10 Å². The summed E-state index contributed by atoms with van der Waals surface area (Å²) in [5.41, 5.74) is 3.63. The number of nitrogens with zero attached hydrogens (tertiary/aromatic N) is 1. The maximum Gasteiger partial charge on any atom is 0.226 e. The fourth-order valence-electron chi connectivity index (χ4n) is 4.00. The second-order valence-corrected chi connectivity index (χ2v) is 6.94. The highest BCUT2D eigenvalue weighted by Crippen LogP contribution is 2.45. The molecule has 2 aliphatic rings. The largest absolute Gasteiger partial charge is 0.309 e. The number of carbonyl (C=O) groups excluding carboxylic acids is 1. The molecule has 0 bridgehead atoms. The summed E-state index contributed by atoms with van der Waals surface area (Å²) in [6, 6.07) is 14.9. The fraction of sp³-hybridized carbons (Fsp3) is 0.300. The topological polar surface area (TPSA) is 57.8 Å². The Bertz CT molecular complexity index is 939. The summed E-state index contributed by atoms with van der Waals surface area (Å²) < 4.78 is 0. The normalized spacial score (nSPS) is 20.5. The first-order valence-electron chi connectivity index (χ1n) is 8.66. The first-order valence-corrected chi connectivity index (χ1v) is 8.66. The molecule has 0 spiro atoms. The van der Waals surface area contributed by atoms with Crippen molar-refractivity contribution in [2.24, 2.45) is 0 Å². The van der Waals surface area contributed by atoms with Crippen LogP contribution in [0, 0.1) is 0 Å². The van der Waals surface area contributed by atoms with Crippen molar-refractivity contribution in [1.82, 2.24) is 10.2 Å². The number of aromatic amines is 1. The SMILES string of the molecule is O=C1CC(c2ccc3ccccc3c2)c2c(n[nH]c2C2CCC2)N1. The number of benzene rings is 2. The number of fused-ring (bicyclic) bond motifs is 2. The Morgan fingerprint density at radius 2 is 1.88 bits per heavy atom. The van der Waals surface area contributed by atoms with E-state index in [4.69, 9.17) is 0 Å². The lowest BCUT2D eigenvalue weighted by Gasteiger charge is -2.29. The molecule has 0 radical (unpaired) electrons. The molecule has 1 amide bonds. The number of anilines is 1. The zero-order valence-corrected chi connectivity index (χ0v) is 13.4. The van der Waals surface area contributed by atoms with E-state index < -0.39 is 0 Å². The second kappa shape index (κ2) is 5.20. The minimum absolute atomic E-state index is 0.0484. The van der Waals surface area contributed by atoms with Crippen LogP contribution in [0.1, 0.15) is 54.3 Å². The quantitative estimate of drug-likeness (QED) is 0.740. The van der Waals surface area contributed by atoms with Crippen molar-refractivity contribution in [2.45, 2.75) is 37.5 Å². The molecule has 2 N–H and O–H groups in total. The minimum atomic E-state index is 0.0484. The van der Waals surface area contributed by atoms with Crippen LogP contribution in [0.25, 0.3) is 10.8 Å². The van der Waals surface area contributed by atoms with Gasteiger partial charge in [0, 0.05) is 29.5 Å². The molecule has 4 heteroatoms. The summed E-state index contributed by atoms with van der Waals surface area (Å²) >= 11 is 0. The van der Waals surface area contributed by atoms with Gasteiger partial charge in [-0.15, -0.1) is 0 Å². The van der Waals surface area contributed by atoms with Crippen LogP contribution in [0.3, 0.4) is 0 Å². The molecule has 0 saturated heterocycles. The highest BCUT2D eigenvalue weighted by Gasteiger charge is 2.35. The predicted octanol–water partition coefficient (Wildman–Crippen LogP) is 4.30. The Kier molecular flexibility index (Phi) is 2.98. The Balaban J connectivity index is 1.64. The highest BCUT2D eigenvalue weighted by molar-refractivity contribution is 5.95. The van der Waals surface area contributed by atoms with Crippen LogP contribution in [0.5, 0.6) is 0 Å². The maximum absolute atomic E-state index is 12.2. The van der Waals surface area contributed by atoms with Gasteiger partial charge < -0.3 is 5.32 Å². The number of carbonyl (C=O) groups is 1. The zero-order valence-electron chi connectivity index (χ0n) is 13.4. The molecule has 2 heterocycles. The number of hydrogen-bond donors (Lipinski definition) is 2. The van der Waals surface area contributed by atoms with E-state index in [9.17, 15) is 4.79 Å². The van der Waals surface area contributed by atoms with E-state index in [1.165, 1.54) is 46.9 Å². The third-order valence-corrected chi connectivity index (χ3v) is 5.52. The van der Waals surface area contributed by atoms with Crippen LogP contribution in [-0.2, 0) is 4.79 Å². The summed E-state index contributed by atoms with van der Waals surface area (Å²) in [6.07, 6.45) is 4.20. The van der Waals surface area contributed by atoms with Crippen molar-refractivity contribution in [3.8, 4) is 0 Å². The fourth-order valence-corrected chi connectivity index (χ4v) is 4.00. The van der Waals surface area contributed by atoms with Gasteiger partial charge in [0.05, 0.1) is 0 Å². The molecule has 3 aromatic rings. The molecule has 1 aromatic heterocycles. The van der Waals surface area contributed by atoms with Gasteiger partial charge in [-0.3, -0.25) is 9.89 Å². The summed E-state index contributed by atoms with van der Waals surface area (Å²) in [5.74, 6) is 1.44. The van der Waals surface area contributed by atoms with Crippen LogP contribution in [0.15, 0.2) is 42.5 Å². The van der Waals surface area contributed by atoms with Crippen LogP contribution in [0.2, 0.25) is 0 Å². The van der Waals surface area contributed by atoms with Crippen LogP contribution in [-0.4, -0.2) is 16.1 Å². The molecule has 1 unspecified atom stereocenters. The highest BCUT2D eigenvalue weighted by atomic mass is 16.1. The molecule has 5 rings (SSSR count). The molecule has 1 saturated carbocycles. The number of hydrogen-bond acceptors (Lipinski definition) is 2. The Morgan fingerprint density at radius 1 is 1.04 bits per heavy atom. The molecule has 1 aliphatic carbocycles. The summed E-state index contributed by atoms with van der Waals surface area (Å²) in [4.78, 5) is 12.2. The van der Waals surface area contributed by atoms with Gasteiger partial charge in [0.2, 0.25) is 5.91 Å². The first kappa shape index (κ1) is 13.8. The molecule has 1 aliphatic heterocycles. The number of nitrogens with one attached hydrogen (secondary N) is 2. The standard InChI is InChI=1S/C20H19N3O/c24-17-11-16(15-9-8-12-4-1-2-5-14(12)10-15)18-19(13-6-3-7-13)22-23-20(18)21-17/h1-2,4-5,8-10,13,16H,3,6-7,11H2,(H2,21,22,23,24). The Hall–Kier alpha value is -2.62. The number of amides is 1. The molecule has 120 valence electrons. The predicted molar refractivity (Wildman–Crippen MR) is 94.2 cm³/mol. The van der Waals surface area contributed by atoms with Gasteiger partial charge >= 0.3 is 0 Å². The summed E-state index contributed by atoms with van der Waals surface area (Å²) in [7, 11) is 0. The van der Waals surface area contributed by atoms with E-state index >= 15 is 0 Å². The average molecular weight is 317 g/mol. The van der Waals surface area contributed by atoms with Crippen LogP contribution in [0.4, 0.5) is 5.82 Å². The first-order chi connectivity index (χ1) is 11.8. The van der Waals surface area contributed by atoms with E-state index in [0.717, 1.165) is 5.82 Å². The minimum Gasteiger partial charge on any atom is -0.309 e. The summed E-state index contributed by atoms with van der Waals surface area (Å²) in [6.45, 7) is 0. The van der Waals surface area contributed by atoms with Crippen molar-refractivity contribution < 1.29 is 4.79 Å². The third-order valence-electron chi connectivity index (χ3n) is 5.52. The smallest absolute Gasteiger partial charge is 0.226 e. The average Bonchev–Trinajstić information content (AvgIpc) is 2.95. The van der Waals surface area contributed by atoms with Crippen molar-refractivity contribution in [3.05, 3.63) is 59.3 Å². The Morgan fingerprint density at radius 3 is 2.67 bits per heavy atom. The Labute approximate surface area is 140 Å². The van der Waals surface area contributed by atoms with Gasteiger partial charge in [0.25, 0.3) is 0 Å². The van der Waals surface area contributed by atoms with Crippen LogP contribution < -0.4 is 5.32 Å². The molecule has 1 fully saturated rings. The van der Waals surface area contributed by atoms with Gasteiger partial charge in [-0.25, -0.2) is 0 Å².